The summed E-state index contributed by atoms with van der Waals surface area (Å²) in [5.41, 5.74) is 0.578. The zero-order valence-corrected chi connectivity index (χ0v) is 14.1. The minimum atomic E-state index is -1.08. The van der Waals surface area contributed by atoms with Gasteiger partial charge in [-0.05, 0) is 18.2 Å². The fourth-order valence-electron chi connectivity index (χ4n) is 2.48. The largest absolute Gasteiger partial charge is 0.511 e. The topological polar surface area (TPSA) is 105 Å². The van der Waals surface area contributed by atoms with Gasteiger partial charge in [0.1, 0.15) is 17.3 Å². The van der Waals surface area contributed by atoms with Gasteiger partial charge in [-0.1, -0.05) is 23.2 Å². The van der Waals surface area contributed by atoms with Crippen molar-refractivity contribution in [1.29, 1.82) is 0 Å². The molecule has 0 aliphatic carbocycles. The maximum atomic E-state index is 12.5. The van der Waals surface area contributed by atoms with Crippen LogP contribution in [0.25, 0.3) is 22.7 Å². The summed E-state index contributed by atoms with van der Waals surface area (Å²) in [6.07, 6.45) is 0.741. The number of benzene rings is 1. The van der Waals surface area contributed by atoms with Crippen molar-refractivity contribution in [2.24, 2.45) is 0 Å². The number of carboxylic acid groups (broad SMARTS) is 1. The minimum Gasteiger partial charge on any atom is -0.511 e. The molecule has 0 radical (unpaired) electrons. The second-order valence-corrected chi connectivity index (χ2v) is 6.14. The van der Waals surface area contributed by atoms with E-state index in [2.05, 4.69) is 10.1 Å². The van der Waals surface area contributed by atoms with Crippen LogP contribution in [0.15, 0.2) is 35.4 Å². The standard InChI is InChI=1S/C16H11Cl2N3O4/c17-9-3-8(4-10(18)5-9)11-6-13(23)15(12(22)1-2-14(24)25)16-19-7-20-21(11)16/h3-7,22H,1-2H2,(H,24,25)/b15-12-. The van der Waals surface area contributed by atoms with E-state index in [-0.39, 0.29) is 29.5 Å². The first-order chi connectivity index (χ1) is 11.9. The number of carboxylic acids is 1. The average molecular weight is 380 g/mol. The summed E-state index contributed by atoms with van der Waals surface area (Å²) in [6, 6.07) is 6.08. The van der Waals surface area contributed by atoms with Crippen molar-refractivity contribution in [3.05, 3.63) is 56.1 Å². The average Bonchev–Trinajstić information content (AvgIpc) is 2.99. The molecular weight excluding hydrogens is 369 g/mol. The van der Waals surface area contributed by atoms with Crippen LogP contribution in [0.2, 0.25) is 10.0 Å². The molecule has 0 saturated heterocycles. The second-order valence-electron chi connectivity index (χ2n) is 5.26. The third-order valence-electron chi connectivity index (χ3n) is 3.54. The van der Waals surface area contributed by atoms with Crippen LogP contribution < -0.4 is 10.6 Å². The number of pyridine rings is 1. The van der Waals surface area contributed by atoms with Crippen molar-refractivity contribution in [2.75, 3.05) is 0 Å². The van der Waals surface area contributed by atoms with Crippen molar-refractivity contribution in [1.82, 2.24) is 14.6 Å². The predicted molar refractivity (Wildman–Crippen MR) is 92.8 cm³/mol. The first-order valence-electron chi connectivity index (χ1n) is 7.14. The van der Waals surface area contributed by atoms with E-state index in [4.69, 9.17) is 28.3 Å². The fourth-order valence-corrected chi connectivity index (χ4v) is 3.01. The highest BCUT2D eigenvalue weighted by atomic mass is 35.5. The van der Waals surface area contributed by atoms with E-state index in [1.807, 2.05) is 0 Å². The number of aliphatic hydroxyl groups is 1. The minimum absolute atomic E-state index is 0.0735. The van der Waals surface area contributed by atoms with Crippen LogP contribution >= 0.6 is 23.2 Å². The van der Waals surface area contributed by atoms with Crippen molar-refractivity contribution < 1.29 is 15.0 Å². The number of carbonyl (C=O) groups is 1. The van der Waals surface area contributed by atoms with Gasteiger partial charge < -0.3 is 10.2 Å². The summed E-state index contributed by atoms with van der Waals surface area (Å²) in [4.78, 5) is 27.2. The maximum absolute atomic E-state index is 12.5. The van der Waals surface area contributed by atoms with Gasteiger partial charge in [-0.15, -0.1) is 0 Å². The lowest BCUT2D eigenvalue weighted by Crippen LogP contribution is -2.30. The second kappa shape index (κ2) is 6.70. The quantitative estimate of drug-likeness (QED) is 0.720. The highest BCUT2D eigenvalue weighted by Gasteiger charge is 2.14. The Morgan fingerprint density at radius 1 is 1.08 bits per heavy atom. The van der Waals surface area contributed by atoms with Gasteiger partial charge in [0, 0.05) is 28.1 Å². The molecule has 2 heterocycles. The third kappa shape index (κ3) is 3.42. The molecule has 0 unspecified atom stereocenters. The Morgan fingerprint density at radius 2 is 1.76 bits per heavy atom. The molecule has 0 aliphatic heterocycles. The molecule has 2 N–H and O–H groups in total. The van der Waals surface area contributed by atoms with Gasteiger partial charge in [-0.3, -0.25) is 9.59 Å². The van der Waals surface area contributed by atoms with E-state index in [0.29, 0.717) is 21.3 Å². The van der Waals surface area contributed by atoms with E-state index >= 15 is 0 Å². The molecule has 128 valence electrons. The maximum Gasteiger partial charge on any atom is 0.303 e. The molecule has 3 rings (SSSR count). The number of hydrogen-bond acceptors (Lipinski definition) is 5. The van der Waals surface area contributed by atoms with Crippen LogP contribution in [0, 0.1) is 0 Å². The van der Waals surface area contributed by atoms with Crippen LogP contribution in [0.4, 0.5) is 0 Å². The summed E-state index contributed by atoms with van der Waals surface area (Å²) >= 11 is 12.0. The third-order valence-corrected chi connectivity index (χ3v) is 3.97. The Morgan fingerprint density at radius 3 is 2.40 bits per heavy atom. The molecule has 25 heavy (non-hydrogen) atoms. The molecule has 0 aliphatic rings. The van der Waals surface area contributed by atoms with E-state index < -0.39 is 11.4 Å². The van der Waals surface area contributed by atoms with E-state index in [0.717, 1.165) is 0 Å². The SMILES string of the molecule is O=C(O)CC/C(O)=c1\c(=O)cc(-c2cc(Cl)cc(Cl)c2)n2ncnc12. The van der Waals surface area contributed by atoms with Crippen molar-refractivity contribution in [3.8, 4) is 11.3 Å². The summed E-state index contributed by atoms with van der Waals surface area (Å²) in [5.74, 6) is -1.43. The lowest BCUT2D eigenvalue weighted by atomic mass is 10.1. The lowest BCUT2D eigenvalue weighted by Gasteiger charge is -2.07. The molecule has 0 bridgehead atoms. The van der Waals surface area contributed by atoms with Gasteiger partial charge in [0.05, 0.1) is 12.1 Å². The molecular formula is C16H11Cl2N3O4. The van der Waals surface area contributed by atoms with Crippen molar-refractivity contribution in [3.63, 3.8) is 0 Å². The molecule has 2 aromatic heterocycles. The van der Waals surface area contributed by atoms with Crippen LogP contribution in [0.1, 0.15) is 12.8 Å². The van der Waals surface area contributed by atoms with Crippen molar-refractivity contribution in [2.45, 2.75) is 12.8 Å². The Kier molecular flexibility index (Phi) is 4.61. The Hall–Kier alpha value is -2.64. The van der Waals surface area contributed by atoms with E-state index in [1.54, 1.807) is 18.2 Å². The Balaban J connectivity index is 2.28. The van der Waals surface area contributed by atoms with Gasteiger partial charge in [0.15, 0.2) is 11.1 Å². The summed E-state index contributed by atoms with van der Waals surface area (Å²) in [6.45, 7) is 0. The van der Waals surface area contributed by atoms with Gasteiger partial charge in [0.25, 0.3) is 0 Å². The van der Waals surface area contributed by atoms with Crippen LogP contribution in [-0.2, 0) is 4.79 Å². The molecule has 9 heteroatoms. The summed E-state index contributed by atoms with van der Waals surface area (Å²) in [7, 11) is 0. The fraction of sp³-hybridized carbons (Fsp3) is 0.125. The molecule has 7 nitrogen and oxygen atoms in total. The molecule has 0 spiro atoms. The number of rotatable bonds is 4. The monoisotopic (exact) mass is 379 g/mol. The Bertz CT molecular complexity index is 1070. The molecule has 3 aromatic rings. The van der Waals surface area contributed by atoms with Crippen molar-refractivity contribution >= 4 is 40.6 Å². The number of fused-ring (bicyclic) bond motifs is 1. The van der Waals surface area contributed by atoms with Gasteiger partial charge in [-0.25, -0.2) is 9.50 Å². The number of nitrogens with zero attached hydrogens (tertiary/aromatic N) is 3. The summed E-state index contributed by atoms with van der Waals surface area (Å²) in [5, 5.41) is 23.7. The van der Waals surface area contributed by atoms with Crippen LogP contribution in [0.5, 0.6) is 0 Å². The zero-order chi connectivity index (χ0) is 18.1. The molecule has 0 amide bonds. The molecule has 0 saturated carbocycles. The number of aliphatic carboxylic acids is 1. The highest BCUT2D eigenvalue weighted by Crippen LogP contribution is 2.26. The molecule has 1 aromatic carbocycles. The number of hydrogen-bond donors (Lipinski definition) is 2. The number of halogens is 2. The predicted octanol–water partition coefficient (Wildman–Crippen LogP) is 2.31. The normalized spacial score (nSPS) is 12.4. The van der Waals surface area contributed by atoms with Gasteiger partial charge in [0.2, 0.25) is 0 Å². The molecule has 0 fully saturated rings. The Labute approximate surface area is 150 Å². The van der Waals surface area contributed by atoms with E-state index in [9.17, 15) is 14.7 Å². The smallest absolute Gasteiger partial charge is 0.303 e. The number of aromatic nitrogens is 3. The van der Waals surface area contributed by atoms with Gasteiger partial charge >= 0.3 is 5.97 Å². The zero-order valence-electron chi connectivity index (χ0n) is 12.6. The van der Waals surface area contributed by atoms with Crippen LogP contribution in [0.3, 0.4) is 0 Å². The number of aliphatic hydroxyl groups excluding tert-OH is 1. The van der Waals surface area contributed by atoms with E-state index in [1.165, 1.54) is 16.9 Å². The van der Waals surface area contributed by atoms with Gasteiger partial charge in [-0.2, -0.15) is 5.10 Å². The molecule has 0 atom stereocenters. The summed E-state index contributed by atoms with van der Waals surface area (Å²) < 4.78 is 1.37. The first kappa shape index (κ1) is 17.2. The lowest BCUT2D eigenvalue weighted by molar-refractivity contribution is -0.136. The highest BCUT2D eigenvalue weighted by molar-refractivity contribution is 6.35. The van der Waals surface area contributed by atoms with Crippen LogP contribution in [-0.4, -0.2) is 30.8 Å². The first-order valence-corrected chi connectivity index (χ1v) is 7.89.